The number of ether oxygens (including phenoxy) is 2. The van der Waals surface area contributed by atoms with Crippen molar-refractivity contribution in [2.45, 2.75) is 43.6 Å². The summed E-state index contributed by atoms with van der Waals surface area (Å²) in [6, 6.07) is 7.26. The number of nitrogens with zero attached hydrogens (tertiary/aromatic N) is 1. The average Bonchev–Trinajstić information content (AvgIpc) is 2.68. The van der Waals surface area contributed by atoms with E-state index in [1.165, 1.54) is 24.4 Å². The van der Waals surface area contributed by atoms with Crippen molar-refractivity contribution in [3.05, 3.63) is 53.5 Å². The molecule has 2 aromatic rings. The van der Waals surface area contributed by atoms with Gasteiger partial charge in [0.1, 0.15) is 17.1 Å². The first-order chi connectivity index (χ1) is 13.3. The van der Waals surface area contributed by atoms with Crippen LogP contribution < -0.4 is 16.0 Å². The van der Waals surface area contributed by atoms with Crippen molar-refractivity contribution in [2.75, 3.05) is 12.5 Å². The molecular weight excluding hydrogens is 378 g/mol. The normalized spacial score (nSPS) is 22.7. The number of hydrazine groups is 1. The summed E-state index contributed by atoms with van der Waals surface area (Å²) in [4.78, 5) is 3.61. The Morgan fingerprint density at radius 3 is 2.32 bits per heavy atom. The van der Waals surface area contributed by atoms with Gasteiger partial charge in [-0.05, 0) is 49.4 Å². The maximum absolute atomic E-state index is 13.4. The number of nitrogens with two attached hydrogens (primary N) is 1. The lowest BCUT2D eigenvalue weighted by Gasteiger charge is -2.39. The van der Waals surface area contributed by atoms with Gasteiger partial charge in [-0.2, -0.15) is 13.2 Å². The zero-order valence-electron chi connectivity index (χ0n) is 15.2. The van der Waals surface area contributed by atoms with Gasteiger partial charge in [0.05, 0.1) is 11.7 Å². The molecule has 0 saturated heterocycles. The molecule has 3 rings (SSSR count). The van der Waals surface area contributed by atoms with E-state index < -0.39 is 29.3 Å². The highest BCUT2D eigenvalue weighted by molar-refractivity contribution is 5.52. The number of nitrogens with one attached hydrogen (secondary N) is 1. The molecule has 1 aromatic heterocycles. The van der Waals surface area contributed by atoms with E-state index in [9.17, 15) is 17.6 Å². The summed E-state index contributed by atoms with van der Waals surface area (Å²) < 4.78 is 64.9. The van der Waals surface area contributed by atoms with Gasteiger partial charge in [-0.25, -0.2) is 15.2 Å². The third-order valence-corrected chi connectivity index (χ3v) is 5.13. The second kappa shape index (κ2) is 7.92. The van der Waals surface area contributed by atoms with Crippen LogP contribution in [0.4, 0.5) is 23.4 Å². The van der Waals surface area contributed by atoms with E-state index in [2.05, 4.69) is 4.98 Å². The Morgan fingerprint density at radius 1 is 1.14 bits per heavy atom. The zero-order chi connectivity index (χ0) is 20.4. The van der Waals surface area contributed by atoms with Gasteiger partial charge in [0.15, 0.2) is 5.82 Å². The van der Waals surface area contributed by atoms with E-state index in [1.807, 2.05) is 5.43 Å². The minimum absolute atomic E-state index is 0.313. The van der Waals surface area contributed by atoms with Crippen LogP contribution in [0.15, 0.2) is 36.5 Å². The number of aromatic nitrogens is 1. The third-order valence-electron chi connectivity index (χ3n) is 5.13. The molecule has 0 atom stereocenters. The number of methoxy groups -OCH3 is 1. The van der Waals surface area contributed by atoms with Crippen LogP contribution in [0.2, 0.25) is 0 Å². The van der Waals surface area contributed by atoms with E-state index in [0.717, 1.165) is 5.56 Å². The molecule has 28 heavy (non-hydrogen) atoms. The number of anilines is 1. The Labute approximate surface area is 159 Å². The van der Waals surface area contributed by atoms with Crippen LogP contribution in [0, 0.1) is 5.82 Å². The first kappa shape index (κ1) is 20.3. The van der Waals surface area contributed by atoms with Crippen molar-refractivity contribution in [3.63, 3.8) is 0 Å². The summed E-state index contributed by atoms with van der Waals surface area (Å²) in [5.41, 5.74) is 1.17. The fourth-order valence-electron chi connectivity index (χ4n) is 3.64. The van der Waals surface area contributed by atoms with Gasteiger partial charge in [-0.15, -0.1) is 0 Å². The molecule has 0 aliphatic heterocycles. The number of pyridine rings is 1. The summed E-state index contributed by atoms with van der Waals surface area (Å²) in [6.45, 7) is 0. The third kappa shape index (κ3) is 4.05. The smallest absolute Gasteiger partial charge is 0.423 e. The van der Waals surface area contributed by atoms with Crippen LogP contribution in [0.3, 0.4) is 0 Å². The minimum atomic E-state index is -4.66. The second-order valence-corrected chi connectivity index (χ2v) is 6.70. The van der Waals surface area contributed by atoms with E-state index in [-0.39, 0.29) is 11.6 Å². The number of hydrogen-bond donors (Lipinski definition) is 2. The number of rotatable bonds is 5. The molecule has 3 N–H and O–H groups in total. The average molecular weight is 399 g/mol. The van der Waals surface area contributed by atoms with Crippen LogP contribution in [0.1, 0.15) is 36.8 Å². The molecule has 1 saturated carbocycles. The van der Waals surface area contributed by atoms with Crippen molar-refractivity contribution in [3.8, 4) is 5.75 Å². The van der Waals surface area contributed by atoms with E-state index in [0.29, 0.717) is 25.7 Å². The summed E-state index contributed by atoms with van der Waals surface area (Å²) in [5.74, 6) is 4.03. The van der Waals surface area contributed by atoms with Crippen LogP contribution in [0.5, 0.6) is 5.75 Å². The first-order valence-corrected chi connectivity index (χ1v) is 8.80. The highest BCUT2D eigenvalue weighted by Crippen LogP contribution is 2.44. The molecule has 1 heterocycles. The van der Waals surface area contributed by atoms with Crippen LogP contribution in [0.25, 0.3) is 0 Å². The molecule has 1 fully saturated rings. The number of benzene rings is 1. The quantitative estimate of drug-likeness (QED) is 0.443. The Bertz CT molecular complexity index is 804. The van der Waals surface area contributed by atoms with Crippen molar-refractivity contribution in [1.82, 2.24) is 4.98 Å². The van der Waals surface area contributed by atoms with Crippen molar-refractivity contribution < 1.29 is 27.0 Å². The van der Waals surface area contributed by atoms with Crippen molar-refractivity contribution in [2.24, 2.45) is 5.84 Å². The Kier molecular flexibility index (Phi) is 5.76. The molecular formula is C19H21F4N3O2. The predicted molar refractivity (Wildman–Crippen MR) is 95.0 cm³/mol. The van der Waals surface area contributed by atoms with Gasteiger partial charge < -0.3 is 14.9 Å². The topological polar surface area (TPSA) is 69.4 Å². The number of nitrogen functional groups attached to an aromatic ring is 1. The van der Waals surface area contributed by atoms with Crippen LogP contribution in [-0.4, -0.2) is 18.2 Å². The van der Waals surface area contributed by atoms with Gasteiger partial charge >= 0.3 is 6.18 Å². The maximum atomic E-state index is 13.4. The molecule has 0 spiro atoms. The van der Waals surface area contributed by atoms with E-state index in [1.54, 1.807) is 19.2 Å². The molecule has 0 bridgehead atoms. The van der Waals surface area contributed by atoms with Crippen LogP contribution >= 0.6 is 0 Å². The number of hydrogen-bond acceptors (Lipinski definition) is 5. The van der Waals surface area contributed by atoms with E-state index >= 15 is 0 Å². The first-order valence-electron chi connectivity index (χ1n) is 8.80. The lowest BCUT2D eigenvalue weighted by molar-refractivity contribution is -0.139. The standard InChI is InChI=1S/C19H21F4N3O2/c1-27-18(12-2-4-13(20)5-3-12)9-6-14(7-10-18)28-15-8-11-25-17(26-24)16(15)19(21,22)23/h2-5,8,11,14H,6-7,9-10,24H2,1H3,(H,25,26)/t14-,18-. The van der Waals surface area contributed by atoms with Gasteiger partial charge in [-0.1, -0.05) is 12.1 Å². The predicted octanol–water partition coefficient (Wildman–Crippen LogP) is 4.39. The SMILES string of the molecule is CO[C@]1(c2ccc(F)cc2)CC[C@@H](Oc2ccnc(NN)c2C(F)(F)F)CC1. The van der Waals surface area contributed by atoms with Gasteiger partial charge in [0, 0.05) is 13.3 Å². The molecule has 0 amide bonds. The van der Waals surface area contributed by atoms with Gasteiger partial charge in [0.2, 0.25) is 0 Å². The highest BCUT2D eigenvalue weighted by atomic mass is 19.4. The summed E-state index contributed by atoms with van der Waals surface area (Å²) in [7, 11) is 1.58. The van der Waals surface area contributed by atoms with Crippen molar-refractivity contribution >= 4 is 5.82 Å². The van der Waals surface area contributed by atoms with E-state index in [4.69, 9.17) is 15.3 Å². The molecule has 9 heteroatoms. The second-order valence-electron chi connectivity index (χ2n) is 6.70. The summed E-state index contributed by atoms with van der Waals surface area (Å²) in [6.07, 6.45) is -1.84. The molecule has 1 aliphatic carbocycles. The van der Waals surface area contributed by atoms with Gasteiger partial charge in [-0.3, -0.25) is 0 Å². The Balaban J connectivity index is 1.77. The zero-order valence-corrected chi connectivity index (χ0v) is 15.2. The maximum Gasteiger partial charge on any atom is 0.423 e. The molecule has 0 unspecified atom stereocenters. The number of halogens is 4. The minimum Gasteiger partial charge on any atom is -0.490 e. The molecule has 152 valence electrons. The summed E-state index contributed by atoms with van der Waals surface area (Å²) in [5, 5.41) is 0. The Morgan fingerprint density at radius 2 is 1.79 bits per heavy atom. The molecule has 0 radical (unpaired) electrons. The summed E-state index contributed by atoms with van der Waals surface area (Å²) >= 11 is 0. The molecule has 1 aliphatic rings. The fraction of sp³-hybridized carbons (Fsp3) is 0.421. The lowest BCUT2D eigenvalue weighted by Crippen LogP contribution is -2.37. The van der Waals surface area contributed by atoms with Crippen LogP contribution in [-0.2, 0) is 16.5 Å². The lowest BCUT2D eigenvalue weighted by atomic mass is 9.78. The largest absolute Gasteiger partial charge is 0.490 e. The van der Waals surface area contributed by atoms with Gasteiger partial charge in [0.25, 0.3) is 0 Å². The molecule has 5 nitrogen and oxygen atoms in total. The highest BCUT2D eigenvalue weighted by Gasteiger charge is 2.41. The van der Waals surface area contributed by atoms with Crippen molar-refractivity contribution in [1.29, 1.82) is 0 Å². The number of alkyl halides is 3. The monoisotopic (exact) mass is 399 g/mol. The fourth-order valence-corrected chi connectivity index (χ4v) is 3.64. The molecule has 1 aromatic carbocycles. The Hall–Kier alpha value is -2.39.